The molecule has 2 aromatic heterocycles. The number of nitrogens with zero attached hydrogens (tertiary/aromatic N) is 6. The number of imidazole rings is 1. The van der Waals surface area contributed by atoms with Crippen molar-refractivity contribution in [3.63, 3.8) is 0 Å². The van der Waals surface area contributed by atoms with E-state index >= 15 is 0 Å². The van der Waals surface area contributed by atoms with Crippen LogP contribution in [0.1, 0.15) is 12.5 Å². The Hall–Kier alpha value is -2.89. The molecule has 0 radical (unpaired) electrons. The fourth-order valence-corrected chi connectivity index (χ4v) is 3.29. The van der Waals surface area contributed by atoms with E-state index in [0.29, 0.717) is 6.04 Å². The second kappa shape index (κ2) is 5.96. The number of rotatable bonds is 2. The first-order chi connectivity index (χ1) is 11.7. The van der Waals surface area contributed by atoms with Gasteiger partial charge in [-0.05, 0) is 18.6 Å². The fraction of sp³-hybridized carbons (Fsp3) is 0.278. The zero-order valence-corrected chi connectivity index (χ0v) is 13.9. The number of fused-ring (bicyclic) bond motifs is 1. The van der Waals surface area contributed by atoms with Crippen LogP contribution in [0.5, 0.6) is 0 Å². The minimum Gasteiger partial charge on any atom is -0.372 e. The predicted molar refractivity (Wildman–Crippen MR) is 94.5 cm³/mol. The summed E-state index contributed by atoms with van der Waals surface area (Å²) in [5.41, 5.74) is 2.60. The average molecular weight is 320 g/mol. The molecule has 6 nitrogen and oxygen atoms in total. The molecule has 6 heteroatoms. The quantitative estimate of drug-likeness (QED) is 0.726. The second-order valence-corrected chi connectivity index (χ2v) is 6.19. The Morgan fingerprint density at radius 1 is 1.12 bits per heavy atom. The third kappa shape index (κ3) is 2.60. The highest BCUT2D eigenvalue weighted by molar-refractivity contribution is 5.58. The Morgan fingerprint density at radius 3 is 2.79 bits per heavy atom. The molecule has 0 N–H and O–H groups in total. The first-order valence-electron chi connectivity index (χ1n) is 8.08. The highest BCUT2D eigenvalue weighted by Crippen LogP contribution is 2.29. The normalized spacial score (nSPS) is 17.5. The van der Waals surface area contributed by atoms with Crippen LogP contribution in [-0.4, -0.2) is 39.2 Å². The zero-order chi connectivity index (χ0) is 16.5. The molecule has 0 amide bonds. The Kier molecular flexibility index (Phi) is 3.65. The summed E-state index contributed by atoms with van der Waals surface area (Å²) in [7, 11) is 2.15. The third-order valence-electron chi connectivity index (χ3n) is 4.52. The standard InChI is InChI=1S/C18H20N6/c1-14-10-22(2)16-6-4-3-5-15(16)11-24(14)18-9-17(20-12-21-18)23-8-7-19-13-23/h3-9,12-14H,10-11H2,1-2H3. The number of aromatic nitrogens is 4. The van der Waals surface area contributed by atoms with Gasteiger partial charge in [0.15, 0.2) is 0 Å². The van der Waals surface area contributed by atoms with E-state index in [1.165, 1.54) is 11.3 Å². The summed E-state index contributed by atoms with van der Waals surface area (Å²) in [6.07, 6.45) is 7.02. The lowest BCUT2D eigenvalue weighted by molar-refractivity contribution is 0.635. The zero-order valence-electron chi connectivity index (χ0n) is 13.9. The molecule has 122 valence electrons. The molecular formula is C18H20N6. The average Bonchev–Trinajstić information content (AvgIpc) is 3.10. The van der Waals surface area contributed by atoms with Crippen molar-refractivity contribution in [2.75, 3.05) is 23.4 Å². The number of para-hydroxylation sites is 1. The minimum atomic E-state index is 0.341. The van der Waals surface area contributed by atoms with Crippen molar-refractivity contribution in [1.82, 2.24) is 19.5 Å². The van der Waals surface area contributed by atoms with E-state index in [0.717, 1.165) is 24.7 Å². The van der Waals surface area contributed by atoms with Gasteiger partial charge in [0.05, 0.1) is 0 Å². The van der Waals surface area contributed by atoms with Crippen molar-refractivity contribution >= 4 is 11.5 Å². The number of benzene rings is 1. The van der Waals surface area contributed by atoms with E-state index in [-0.39, 0.29) is 0 Å². The highest BCUT2D eigenvalue weighted by Gasteiger charge is 2.24. The molecule has 1 aliphatic rings. The Labute approximate surface area is 141 Å². The summed E-state index contributed by atoms with van der Waals surface area (Å²) in [5, 5.41) is 0. The number of anilines is 2. The summed E-state index contributed by atoms with van der Waals surface area (Å²) >= 11 is 0. The van der Waals surface area contributed by atoms with E-state index in [1.54, 1.807) is 18.9 Å². The van der Waals surface area contributed by atoms with Crippen LogP contribution >= 0.6 is 0 Å². The first kappa shape index (κ1) is 14.7. The Bertz CT molecular complexity index is 829. The highest BCUT2D eigenvalue weighted by atomic mass is 15.3. The van der Waals surface area contributed by atoms with Crippen LogP contribution in [0.4, 0.5) is 11.5 Å². The van der Waals surface area contributed by atoms with Crippen molar-refractivity contribution in [3.05, 3.63) is 60.9 Å². The maximum Gasteiger partial charge on any atom is 0.143 e. The van der Waals surface area contributed by atoms with Gasteiger partial charge in [-0.3, -0.25) is 4.57 Å². The molecule has 1 aliphatic heterocycles. The molecule has 3 aromatic rings. The van der Waals surface area contributed by atoms with Gasteiger partial charge in [0.25, 0.3) is 0 Å². The van der Waals surface area contributed by atoms with E-state index in [4.69, 9.17) is 0 Å². The van der Waals surface area contributed by atoms with Crippen molar-refractivity contribution < 1.29 is 0 Å². The molecule has 1 atom stereocenters. The maximum absolute atomic E-state index is 4.53. The molecule has 1 aromatic carbocycles. The lowest BCUT2D eigenvalue weighted by Crippen LogP contribution is -2.38. The van der Waals surface area contributed by atoms with Gasteiger partial charge in [0.1, 0.15) is 24.3 Å². The molecule has 0 spiro atoms. The number of hydrogen-bond donors (Lipinski definition) is 0. The van der Waals surface area contributed by atoms with E-state index < -0.39 is 0 Å². The van der Waals surface area contributed by atoms with Crippen molar-refractivity contribution in [3.8, 4) is 5.82 Å². The molecule has 3 heterocycles. The van der Waals surface area contributed by atoms with E-state index in [2.05, 4.69) is 63.0 Å². The maximum atomic E-state index is 4.53. The van der Waals surface area contributed by atoms with Crippen LogP contribution in [0.3, 0.4) is 0 Å². The van der Waals surface area contributed by atoms with E-state index in [9.17, 15) is 0 Å². The van der Waals surface area contributed by atoms with Gasteiger partial charge < -0.3 is 9.80 Å². The van der Waals surface area contributed by atoms with E-state index in [1.807, 2.05) is 16.8 Å². The smallest absolute Gasteiger partial charge is 0.143 e. The van der Waals surface area contributed by atoms with Gasteiger partial charge in [0, 0.05) is 50.3 Å². The second-order valence-electron chi connectivity index (χ2n) is 6.19. The van der Waals surface area contributed by atoms with Gasteiger partial charge in [-0.1, -0.05) is 18.2 Å². The number of hydrogen-bond acceptors (Lipinski definition) is 5. The number of likely N-dealkylation sites (N-methyl/N-ethyl adjacent to an activating group) is 1. The summed E-state index contributed by atoms with van der Waals surface area (Å²) < 4.78 is 1.90. The van der Waals surface area contributed by atoms with Gasteiger partial charge in [-0.2, -0.15) is 0 Å². The lowest BCUT2D eigenvalue weighted by Gasteiger charge is -2.29. The topological polar surface area (TPSA) is 50.1 Å². The third-order valence-corrected chi connectivity index (χ3v) is 4.52. The van der Waals surface area contributed by atoms with Crippen molar-refractivity contribution in [2.24, 2.45) is 0 Å². The Balaban J connectivity index is 1.72. The molecule has 0 bridgehead atoms. The molecule has 0 saturated carbocycles. The predicted octanol–water partition coefficient (Wildman–Crippen LogP) is 2.51. The van der Waals surface area contributed by atoms with Crippen LogP contribution in [0.15, 0.2) is 55.4 Å². The monoisotopic (exact) mass is 320 g/mol. The van der Waals surface area contributed by atoms with Crippen LogP contribution in [-0.2, 0) is 6.54 Å². The summed E-state index contributed by atoms with van der Waals surface area (Å²) in [6, 6.07) is 10.9. The fourth-order valence-electron chi connectivity index (χ4n) is 3.29. The molecule has 0 saturated heterocycles. The van der Waals surface area contributed by atoms with Crippen molar-refractivity contribution in [2.45, 2.75) is 19.5 Å². The molecule has 0 fully saturated rings. The Morgan fingerprint density at radius 2 is 1.96 bits per heavy atom. The van der Waals surface area contributed by atoms with Gasteiger partial charge in [0.2, 0.25) is 0 Å². The van der Waals surface area contributed by atoms with Gasteiger partial charge in [-0.15, -0.1) is 0 Å². The van der Waals surface area contributed by atoms with Crippen LogP contribution < -0.4 is 9.80 Å². The van der Waals surface area contributed by atoms with Crippen LogP contribution in [0.25, 0.3) is 5.82 Å². The van der Waals surface area contributed by atoms with Crippen LogP contribution in [0.2, 0.25) is 0 Å². The lowest BCUT2D eigenvalue weighted by atomic mass is 10.1. The molecule has 4 rings (SSSR count). The summed E-state index contributed by atoms with van der Waals surface area (Å²) in [6.45, 7) is 4.02. The largest absolute Gasteiger partial charge is 0.372 e. The molecular weight excluding hydrogens is 300 g/mol. The van der Waals surface area contributed by atoms with Crippen LogP contribution in [0, 0.1) is 0 Å². The summed E-state index contributed by atoms with van der Waals surface area (Å²) in [5.74, 6) is 1.77. The molecule has 24 heavy (non-hydrogen) atoms. The first-order valence-corrected chi connectivity index (χ1v) is 8.08. The van der Waals surface area contributed by atoms with Gasteiger partial charge >= 0.3 is 0 Å². The van der Waals surface area contributed by atoms with Crippen molar-refractivity contribution in [1.29, 1.82) is 0 Å². The summed E-state index contributed by atoms with van der Waals surface area (Å²) in [4.78, 5) is 17.6. The molecule has 0 aliphatic carbocycles. The minimum absolute atomic E-state index is 0.341. The van der Waals surface area contributed by atoms with Gasteiger partial charge in [-0.25, -0.2) is 15.0 Å². The molecule has 1 unspecified atom stereocenters. The SMILES string of the molecule is CC1CN(C)c2ccccc2CN1c1cc(-n2ccnc2)ncn1.